The fraction of sp³-hybridized carbons (Fsp3) is 0.455. The van der Waals surface area contributed by atoms with E-state index in [9.17, 15) is 5.11 Å². The summed E-state index contributed by atoms with van der Waals surface area (Å²) in [6.07, 6.45) is 1.01. The molecular weight excluding hydrogens is 222 g/mol. The molecule has 0 amide bonds. The standard InChI is InChI=1S/C11H15N3OS/c1-5(2)10(15)8-7(12)4-13-11-9(8)14-6(3)16-11/h4-5,10,15H,12H2,1-3H3. The van der Waals surface area contributed by atoms with Gasteiger partial charge in [0.1, 0.15) is 10.3 Å². The van der Waals surface area contributed by atoms with E-state index in [1.165, 1.54) is 11.3 Å². The molecule has 1 unspecified atom stereocenters. The number of hydrogen-bond donors (Lipinski definition) is 2. The van der Waals surface area contributed by atoms with Gasteiger partial charge in [-0.15, -0.1) is 0 Å². The zero-order valence-electron chi connectivity index (χ0n) is 9.56. The van der Waals surface area contributed by atoms with Gasteiger partial charge in [0.15, 0.2) is 0 Å². The van der Waals surface area contributed by atoms with E-state index < -0.39 is 6.10 Å². The normalized spacial score (nSPS) is 13.6. The zero-order chi connectivity index (χ0) is 11.9. The first-order valence-corrected chi connectivity index (χ1v) is 6.02. The summed E-state index contributed by atoms with van der Waals surface area (Å²) in [6, 6.07) is 0. The number of anilines is 1. The quantitative estimate of drug-likeness (QED) is 0.840. The number of nitrogens with two attached hydrogens (primary N) is 1. The highest BCUT2D eigenvalue weighted by Gasteiger charge is 2.20. The van der Waals surface area contributed by atoms with Crippen LogP contribution in [0.25, 0.3) is 10.3 Å². The van der Waals surface area contributed by atoms with Crippen LogP contribution in [0.1, 0.15) is 30.5 Å². The second-order valence-electron chi connectivity index (χ2n) is 4.20. The molecule has 3 N–H and O–H groups in total. The van der Waals surface area contributed by atoms with Crippen LogP contribution in [0.2, 0.25) is 0 Å². The van der Waals surface area contributed by atoms with E-state index in [-0.39, 0.29) is 5.92 Å². The summed E-state index contributed by atoms with van der Waals surface area (Å²) < 4.78 is 0. The maximum atomic E-state index is 10.1. The number of aliphatic hydroxyl groups excluding tert-OH is 1. The zero-order valence-corrected chi connectivity index (χ0v) is 10.4. The number of nitrogens with zero attached hydrogens (tertiary/aromatic N) is 2. The molecule has 0 saturated carbocycles. The Kier molecular flexibility index (Phi) is 2.82. The largest absolute Gasteiger partial charge is 0.397 e. The molecular formula is C11H15N3OS. The molecule has 0 bridgehead atoms. The first kappa shape index (κ1) is 11.3. The summed E-state index contributed by atoms with van der Waals surface area (Å²) in [5.74, 6) is 0.106. The van der Waals surface area contributed by atoms with E-state index in [4.69, 9.17) is 5.73 Å². The van der Waals surface area contributed by atoms with Crippen molar-refractivity contribution in [2.75, 3.05) is 5.73 Å². The molecule has 16 heavy (non-hydrogen) atoms. The highest BCUT2D eigenvalue weighted by Crippen LogP contribution is 2.33. The fourth-order valence-corrected chi connectivity index (χ4v) is 2.43. The maximum Gasteiger partial charge on any atom is 0.143 e. The van der Waals surface area contributed by atoms with Crippen LogP contribution in [-0.2, 0) is 0 Å². The van der Waals surface area contributed by atoms with Crippen molar-refractivity contribution in [3.63, 3.8) is 0 Å². The van der Waals surface area contributed by atoms with Crippen molar-refractivity contribution in [3.05, 3.63) is 16.8 Å². The Morgan fingerprint density at radius 3 is 2.75 bits per heavy atom. The van der Waals surface area contributed by atoms with Crippen molar-refractivity contribution < 1.29 is 5.11 Å². The van der Waals surface area contributed by atoms with Crippen molar-refractivity contribution in [3.8, 4) is 0 Å². The second-order valence-corrected chi connectivity index (χ2v) is 5.38. The topological polar surface area (TPSA) is 72.0 Å². The molecule has 86 valence electrons. The molecule has 0 aliphatic carbocycles. The molecule has 0 aliphatic heterocycles. The smallest absolute Gasteiger partial charge is 0.143 e. The van der Waals surface area contributed by atoms with Gasteiger partial charge in [0, 0.05) is 5.56 Å². The third-order valence-corrected chi connectivity index (χ3v) is 3.41. The lowest BCUT2D eigenvalue weighted by Gasteiger charge is -2.16. The van der Waals surface area contributed by atoms with Gasteiger partial charge in [-0.2, -0.15) is 0 Å². The van der Waals surface area contributed by atoms with Crippen LogP contribution in [0.15, 0.2) is 6.20 Å². The summed E-state index contributed by atoms with van der Waals surface area (Å²) in [4.78, 5) is 9.45. The van der Waals surface area contributed by atoms with Crippen LogP contribution in [0, 0.1) is 12.8 Å². The fourth-order valence-electron chi connectivity index (χ4n) is 1.66. The third-order valence-electron chi connectivity index (χ3n) is 2.53. The SMILES string of the molecule is Cc1nc2c(C(O)C(C)C)c(N)cnc2s1. The highest BCUT2D eigenvalue weighted by atomic mass is 32.1. The van der Waals surface area contributed by atoms with Crippen LogP contribution in [0.3, 0.4) is 0 Å². The van der Waals surface area contributed by atoms with Gasteiger partial charge in [-0.3, -0.25) is 0 Å². The van der Waals surface area contributed by atoms with Gasteiger partial charge >= 0.3 is 0 Å². The molecule has 1 atom stereocenters. The van der Waals surface area contributed by atoms with E-state index >= 15 is 0 Å². The summed E-state index contributed by atoms with van der Waals surface area (Å²) in [6.45, 7) is 5.83. The third kappa shape index (κ3) is 1.76. The average Bonchev–Trinajstić information content (AvgIpc) is 2.57. The Balaban J connectivity index is 2.69. The summed E-state index contributed by atoms with van der Waals surface area (Å²) in [5.41, 5.74) is 7.84. The van der Waals surface area contributed by atoms with Gasteiger partial charge in [0.05, 0.1) is 23.0 Å². The molecule has 2 aromatic rings. The number of hydrogen-bond acceptors (Lipinski definition) is 5. The summed E-state index contributed by atoms with van der Waals surface area (Å²) >= 11 is 1.52. The Labute approximate surface area is 98.2 Å². The van der Waals surface area contributed by atoms with Crippen molar-refractivity contribution in [2.24, 2.45) is 5.92 Å². The van der Waals surface area contributed by atoms with E-state index in [1.54, 1.807) is 6.20 Å². The molecule has 0 aromatic carbocycles. The molecule has 2 aromatic heterocycles. The molecule has 2 heterocycles. The van der Waals surface area contributed by atoms with Crippen LogP contribution >= 0.6 is 11.3 Å². The van der Waals surface area contributed by atoms with E-state index in [0.29, 0.717) is 11.3 Å². The number of nitrogen functional groups attached to an aromatic ring is 1. The van der Waals surface area contributed by atoms with Gasteiger partial charge in [-0.05, 0) is 12.8 Å². The lowest BCUT2D eigenvalue weighted by Crippen LogP contribution is -2.09. The molecule has 4 nitrogen and oxygen atoms in total. The molecule has 0 radical (unpaired) electrons. The summed E-state index contributed by atoms with van der Waals surface area (Å²) in [7, 11) is 0. The molecule has 0 aliphatic rings. The van der Waals surface area contributed by atoms with E-state index in [0.717, 1.165) is 15.4 Å². The second kappa shape index (κ2) is 3.99. The maximum absolute atomic E-state index is 10.1. The molecule has 2 rings (SSSR count). The van der Waals surface area contributed by atoms with E-state index in [2.05, 4.69) is 9.97 Å². The minimum atomic E-state index is -0.591. The van der Waals surface area contributed by atoms with E-state index in [1.807, 2.05) is 20.8 Å². The minimum absolute atomic E-state index is 0.106. The summed E-state index contributed by atoms with van der Waals surface area (Å²) in [5, 5.41) is 11.1. The van der Waals surface area contributed by atoms with Crippen molar-refractivity contribution in [2.45, 2.75) is 26.9 Å². The Bertz CT molecular complexity index is 521. The van der Waals surface area contributed by atoms with Crippen LogP contribution in [0.4, 0.5) is 5.69 Å². The highest BCUT2D eigenvalue weighted by molar-refractivity contribution is 7.18. The van der Waals surface area contributed by atoms with Gasteiger partial charge in [-0.25, -0.2) is 9.97 Å². The number of pyridine rings is 1. The molecule has 0 fully saturated rings. The van der Waals surface area contributed by atoms with Crippen molar-refractivity contribution >= 4 is 27.4 Å². The number of aryl methyl sites for hydroxylation is 1. The lowest BCUT2D eigenvalue weighted by atomic mass is 9.98. The number of rotatable bonds is 2. The number of thiazole rings is 1. The van der Waals surface area contributed by atoms with Crippen molar-refractivity contribution in [1.82, 2.24) is 9.97 Å². The molecule has 0 spiro atoms. The minimum Gasteiger partial charge on any atom is -0.397 e. The number of fused-ring (bicyclic) bond motifs is 1. The lowest BCUT2D eigenvalue weighted by molar-refractivity contribution is 0.129. The van der Waals surface area contributed by atoms with Crippen LogP contribution in [0.5, 0.6) is 0 Å². The number of aromatic nitrogens is 2. The van der Waals surface area contributed by atoms with Gasteiger partial charge in [-0.1, -0.05) is 25.2 Å². The Morgan fingerprint density at radius 1 is 1.44 bits per heavy atom. The first-order chi connectivity index (χ1) is 7.50. The predicted octanol–water partition coefficient (Wildman–Crippen LogP) is 2.27. The molecule has 5 heteroatoms. The average molecular weight is 237 g/mol. The van der Waals surface area contributed by atoms with Gasteiger partial charge in [0.2, 0.25) is 0 Å². The Hall–Kier alpha value is -1.20. The van der Waals surface area contributed by atoms with Crippen molar-refractivity contribution in [1.29, 1.82) is 0 Å². The predicted molar refractivity (Wildman–Crippen MR) is 66.4 cm³/mol. The monoisotopic (exact) mass is 237 g/mol. The van der Waals surface area contributed by atoms with Gasteiger partial charge < -0.3 is 10.8 Å². The first-order valence-electron chi connectivity index (χ1n) is 5.20. The Morgan fingerprint density at radius 2 is 2.12 bits per heavy atom. The van der Waals surface area contributed by atoms with Gasteiger partial charge in [0.25, 0.3) is 0 Å². The number of aliphatic hydroxyl groups is 1. The molecule has 0 saturated heterocycles. The van der Waals surface area contributed by atoms with Crippen LogP contribution < -0.4 is 5.73 Å². The van der Waals surface area contributed by atoms with Crippen LogP contribution in [-0.4, -0.2) is 15.1 Å².